The molecule has 0 aliphatic heterocycles. The van der Waals surface area contributed by atoms with Crippen molar-refractivity contribution < 1.29 is 4.42 Å². The van der Waals surface area contributed by atoms with Crippen molar-refractivity contribution >= 4 is 0 Å². The van der Waals surface area contributed by atoms with E-state index in [1.54, 1.807) is 0 Å². The Morgan fingerprint density at radius 1 is 1.06 bits per heavy atom. The predicted molar refractivity (Wildman–Crippen MR) is 74.9 cm³/mol. The van der Waals surface area contributed by atoms with Gasteiger partial charge in [0.2, 0.25) is 0 Å². The molecular weight excluding hydrogens is 222 g/mol. The largest absolute Gasteiger partial charge is 0.464 e. The van der Waals surface area contributed by atoms with Gasteiger partial charge in [0.25, 0.3) is 0 Å². The van der Waals surface area contributed by atoms with Gasteiger partial charge in [-0.3, -0.25) is 0 Å². The van der Waals surface area contributed by atoms with Gasteiger partial charge in [-0.1, -0.05) is 36.2 Å². The molecule has 2 nitrogen and oxygen atoms in total. The molecule has 0 spiro atoms. The summed E-state index contributed by atoms with van der Waals surface area (Å²) in [6.07, 6.45) is 0. The second-order valence-electron chi connectivity index (χ2n) is 4.86. The Labute approximate surface area is 109 Å². The second-order valence-corrected chi connectivity index (χ2v) is 4.86. The first-order valence-corrected chi connectivity index (χ1v) is 6.48. The monoisotopic (exact) mass is 243 g/mol. The lowest BCUT2D eigenvalue weighted by atomic mass is 9.99. The van der Waals surface area contributed by atoms with Crippen LogP contribution in [0.5, 0.6) is 0 Å². The molecule has 0 fully saturated rings. The molecule has 2 rings (SSSR count). The summed E-state index contributed by atoms with van der Waals surface area (Å²) >= 11 is 0. The molecule has 0 aliphatic carbocycles. The summed E-state index contributed by atoms with van der Waals surface area (Å²) in [7, 11) is 0. The van der Waals surface area contributed by atoms with Crippen molar-refractivity contribution in [2.45, 2.75) is 33.7 Å². The molecule has 1 N–H and O–H groups in total. The highest BCUT2D eigenvalue weighted by Gasteiger charge is 2.16. The standard InChI is InChI=1S/C16H21NO/c1-5-17-16(15-7-6-13(4)18-15)14-9-11(2)8-12(3)10-14/h6-10,16-17H,5H2,1-4H3. The van der Waals surface area contributed by atoms with Gasteiger partial charge in [-0.25, -0.2) is 0 Å². The molecule has 2 heteroatoms. The van der Waals surface area contributed by atoms with Gasteiger partial charge < -0.3 is 9.73 Å². The summed E-state index contributed by atoms with van der Waals surface area (Å²) in [6, 6.07) is 10.8. The molecule has 1 heterocycles. The van der Waals surface area contributed by atoms with Gasteiger partial charge in [-0.15, -0.1) is 0 Å². The van der Waals surface area contributed by atoms with E-state index in [9.17, 15) is 0 Å². The van der Waals surface area contributed by atoms with Gasteiger partial charge in [-0.2, -0.15) is 0 Å². The molecule has 1 atom stereocenters. The van der Waals surface area contributed by atoms with Crippen LogP contribution in [0.15, 0.2) is 34.7 Å². The van der Waals surface area contributed by atoms with E-state index >= 15 is 0 Å². The van der Waals surface area contributed by atoms with Crippen LogP contribution in [0.25, 0.3) is 0 Å². The Bertz CT molecular complexity index is 507. The van der Waals surface area contributed by atoms with E-state index < -0.39 is 0 Å². The maximum Gasteiger partial charge on any atom is 0.125 e. The predicted octanol–water partition coefficient (Wildman–Crippen LogP) is 3.90. The van der Waals surface area contributed by atoms with Gasteiger partial charge in [0.1, 0.15) is 11.5 Å². The highest BCUT2D eigenvalue weighted by Crippen LogP contribution is 2.25. The molecule has 0 saturated carbocycles. The van der Waals surface area contributed by atoms with Crippen molar-refractivity contribution in [2.75, 3.05) is 6.54 Å². The van der Waals surface area contributed by atoms with Crippen LogP contribution in [-0.2, 0) is 0 Å². The number of benzene rings is 1. The van der Waals surface area contributed by atoms with Gasteiger partial charge >= 0.3 is 0 Å². The van der Waals surface area contributed by atoms with Gasteiger partial charge in [0.15, 0.2) is 0 Å². The Kier molecular flexibility index (Phi) is 3.87. The average molecular weight is 243 g/mol. The number of hydrogen-bond acceptors (Lipinski definition) is 2. The van der Waals surface area contributed by atoms with Crippen LogP contribution in [0.1, 0.15) is 41.2 Å². The average Bonchev–Trinajstić information content (AvgIpc) is 2.71. The van der Waals surface area contributed by atoms with Crippen LogP contribution in [-0.4, -0.2) is 6.54 Å². The number of furan rings is 1. The van der Waals surface area contributed by atoms with Gasteiger partial charge in [0, 0.05) is 0 Å². The van der Waals surface area contributed by atoms with Gasteiger partial charge in [-0.05, 0) is 45.0 Å². The van der Waals surface area contributed by atoms with E-state index in [0.29, 0.717) is 0 Å². The van der Waals surface area contributed by atoms with E-state index in [4.69, 9.17) is 4.42 Å². The summed E-state index contributed by atoms with van der Waals surface area (Å²) in [5.74, 6) is 1.94. The minimum Gasteiger partial charge on any atom is -0.464 e. The fourth-order valence-corrected chi connectivity index (χ4v) is 2.37. The summed E-state index contributed by atoms with van der Waals surface area (Å²) in [4.78, 5) is 0. The maximum absolute atomic E-state index is 5.77. The Hall–Kier alpha value is -1.54. The van der Waals surface area contributed by atoms with Gasteiger partial charge in [0.05, 0.1) is 6.04 Å². The molecule has 0 radical (unpaired) electrons. The van der Waals surface area contributed by atoms with E-state index in [1.807, 2.05) is 13.0 Å². The number of rotatable bonds is 4. The molecule has 1 unspecified atom stereocenters. The molecule has 1 aromatic carbocycles. The van der Waals surface area contributed by atoms with Crippen molar-refractivity contribution in [1.29, 1.82) is 0 Å². The van der Waals surface area contributed by atoms with Crippen LogP contribution < -0.4 is 5.32 Å². The molecular formula is C16H21NO. The molecule has 0 amide bonds. The molecule has 0 bridgehead atoms. The normalized spacial score (nSPS) is 12.7. The lowest BCUT2D eigenvalue weighted by molar-refractivity contribution is 0.435. The number of hydrogen-bond donors (Lipinski definition) is 1. The summed E-state index contributed by atoms with van der Waals surface area (Å²) in [5, 5.41) is 3.49. The van der Waals surface area contributed by atoms with Crippen molar-refractivity contribution in [3.05, 3.63) is 58.5 Å². The van der Waals surface area contributed by atoms with E-state index in [-0.39, 0.29) is 6.04 Å². The third-order valence-corrected chi connectivity index (χ3v) is 3.03. The number of aryl methyl sites for hydroxylation is 3. The Balaban J connectivity index is 2.40. The fraction of sp³-hybridized carbons (Fsp3) is 0.375. The fourth-order valence-electron chi connectivity index (χ4n) is 2.37. The lowest BCUT2D eigenvalue weighted by Gasteiger charge is -2.17. The first-order chi connectivity index (χ1) is 8.60. The minimum atomic E-state index is 0.141. The van der Waals surface area contributed by atoms with E-state index in [1.165, 1.54) is 16.7 Å². The van der Waals surface area contributed by atoms with Crippen LogP contribution in [0.3, 0.4) is 0 Å². The molecule has 18 heavy (non-hydrogen) atoms. The first-order valence-electron chi connectivity index (χ1n) is 6.48. The van der Waals surface area contributed by atoms with Crippen LogP contribution in [0.4, 0.5) is 0 Å². The van der Waals surface area contributed by atoms with Crippen LogP contribution in [0, 0.1) is 20.8 Å². The van der Waals surface area contributed by atoms with E-state index in [2.05, 4.69) is 50.4 Å². The van der Waals surface area contributed by atoms with Crippen molar-refractivity contribution in [3.8, 4) is 0 Å². The minimum absolute atomic E-state index is 0.141. The second kappa shape index (κ2) is 5.40. The zero-order chi connectivity index (χ0) is 13.1. The van der Waals surface area contributed by atoms with Crippen molar-refractivity contribution in [1.82, 2.24) is 5.32 Å². The van der Waals surface area contributed by atoms with Crippen molar-refractivity contribution in [2.24, 2.45) is 0 Å². The van der Waals surface area contributed by atoms with Crippen LogP contribution in [0.2, 0.25) is 0 Å². The Morgan fingerprint density at radius 3 is 2.22 bits per heavy atom. The molecule has 2 aromatic rings. The molecule has 1 aromatic heterocycles. The first kappa shape index (κ1) is 12.9. The molecule has 96 valence electrons. The quantitative estimate of drug-likeness (QED) is 0.881. The highest BCUT2D eigenvalue weighted by atomic mass is 16.3. The summed E-state index contributed by atoms with van der Waals surface area (Å²) < 4.78 is 5.77. The third kappa shape index (κ3) is 2.82. The summed E-state index contributed by atoms with van der Waals surface area (Å²) in [5.41, 5.74) is 3.84. The molecule has 0 saturated heterocycles. The SMILES string of the molecule is CCNC(c1cc(C)cc(C)c1)c1ccc(C)o1. The van der Waals surface area contributed by atoms with Crippen molar-refractivity contribution in [3.63, 3.8) is 0 Å². The number of nitrogens with one attached hydrogen (secondary N) is 1. The van der Waals surface area contributed by atoms with Crippen LogP contribution >= 0.6 is 0 Å². The zero-order valence-corrected chi connectivity index (χ0v) is 11.6. The molecule has 0 aliphatic rings. The summed E-state index contributed by atoms with van der Waals surface area (Å²) in [6.45, 7) is 9.27. The third-order valence-electron chi connectivity index (χ3n) is 3.03. The smallest absolute Gasteiger partial charge is 0.125 e. The lowest BCUT2D eigenvalue weighted by Crippen LogP contribution is -2.21. The zero-order valence-electron chi connectivity index (χ0n) is 11.6. The van der Waals surface area contributed by atoms with E-state index in [0.717, 1.165) is 18.1 Å². The Morgan fingerprint density at radius 2 is 1.72 bits per heavy atom. The highest BCUT2D eigenvalue weighted by molar-refractivity contribution is 5.34. The maximum atomic E-state index is 5.77. The topological polar surface area (TPSA) is 25.2 Å².